The average molecular weight is 295 g/mol. The number of ether oxygens (including phenoxy) is 3. The molecule has 5 heteroatoms. The van der Waals surface area contributed by atoms with Gasteiger partial charge in [0.05, 0.1) is 18.8 Å². The van der Waals surface area contributed by atoms with E-state index >= 15 is 0 Å². The number of Topliss-reactive ketones (excluding diaryl/α,β-unsaturated/α-hetero) is 1. The lowest BCUT2D eigenvalue weighted by Crippen LogP contribution is -2.52. The van der Waals surface area contributed by atoms with E-state index in [1.54, 1.807) is 0 Å². The Labute approximate surface area is 125 Å². The van der Waals surface area contributed by atoms with Gasteiger partial charge < -0.3 is 14.2 Å². The fourth-order valence-electron chi connectivity index (χ4n) is 4.39. The molecule has 0 aromatic carbocycles. The summed E-state index contributed by atoms with van der Waals surface area (Å²) in [6, 6.07) is 0.554. The van der Waals surface area contributed by atoms with Crippen LogP contribution in [0.3, 0.4) is 0 Å². The van der Waals surface area contributed by atoms with Gasteiger partial charge in [0.1, 0.15) is 6.10 Å². The summed E-state index contributed by atoms with van der Waals surface area (Å²) in [4.78, 5) is 15.3. The van der Waals surface area contributed by atoms with Crippen molar-refractivity contribution in [1.29, 1.82) is 0 Å². The summed E-state index contributed by atoms with van der Waals surface area (Å²) >= 11 is 0. The van der Waals surface area contributed by atoms with Crippen molar-refractivity contribution in [2.75, 3.05) is 39.5 Å². The molecule has 5 nitrogen and oxygen atoms in total. The molecule has 0 aliphatic carbocycles. The Morgan fingerprint density at radius 3 is 3.05 bits per heavy atom. The SMILES string of the molecule is O=C(C1CCOC2(CCOC2)C1)C1CN2CCCC2CO1. The summed E-state index contributed by atoms with van der Waals surface area (Å²) in [6.45, 7) is 4.74. The minimum atomic E-state index is -0.221. The van der Waals surface area contributed by atoms with Crippen LogP contribution in [0.5, 0.6) is 0 Å². The van der Waals surface area contributed by atoms with Gasteiger partial charge in [-0.3, -0.25) is 9.69 Å². The molecule has 4 fully saturated rings. The van der Waals surface area contributed by atoms with E-state index in [4.69, 9.17) is 14.2 Å². The Bertz CT molecular complexity index is 407. The number of carbonyl (C=O) groups excluding carboxylic acids is 1. The van der Waals surface area contributed by atoms with E-state index in [0.29, 0.717) is 25.0 Å². The number of rotatable bonds is 2. The molecule has 21 heavy (non-hydrogen) atoms. The van der Waals surface area contributed by atoms with Crippen LogP contribution < -0.4 is 0 Å². The quantitative estimate of drug-likeness (QED) is 0.761. The smallest absolute Gasteiger partial charge is 0.166 e. The van der Waals surface area contributed by atoms with E-state index in [2.05, 4.69) is 4.90 Å². The van der Waals surface area contributed by atoms with Crippen molar-refractivity contribution >= 4 is 5.78 Å². The van der Waals surface area contributed by atoms with Crippen LogP contribution in [0.1, 0.15) is 32.1 Å². The largest absolute Gasteiger partial charge is 0.378 e. The van der Waals surface area contributed by atoms with Gasteiger partial charge in [-0.25, -0.2) is 0 Å². The molecule has 4 rings (SSSR count). The summed E-state index contributed by atoms with van der Waals surface area (Å²) in [5.74, 6) is 0.388. The normalized spacial score (nSPS) is 44.1. The van der Waals surface area contributed by atoms with E-state index in [1.807, 2.05) is 0 Å². The maximum atomic E-state index is 12.8. The predicted molar refractivity (Wildman–Crippen MR) is 76.2 cm³/mol. The standard InChI is InChI=1S/C16H25NO4/c18-15(14-9-17-5-1-2-13(17)10-20-14)12-3-6-21-16(8-12)4-7-19-11-16/h12-14H,1-11H2. The molecule has 4 saturated heterocycles. The van der Waals surface area contributed by atoms with Gasteiger partial charge in [0.25, 0.3) is 0 Å². The molecule has 4 aliphatic heterocycles. The molecule has 0 aromatic heterocycles. The minimum Gasteiger partial charge on any atom is -0.378 e. The number of ketones is 1. The highest BCUT2D eigenvalue weighted by Gasteiger charge is 2.45. The van der Waals surface area contributed by atoms with E-state index in [9.17, 15) is 4.79 Å². The molecular formula is C16H25NO4. The van der Waals surface area contributed by atoms with Crippen molar-refractivity contribution < 1.29 is 19.0 Å². The lowest BCUT2D eigenvalue weighted by molar-refractivity contribution is -0.153. The van der Waals surface area contributed by atoms with Gasteiger partial charge >= 0.3 is 0 Å². The highest BCUT2D eigenvalue weighted by Crippen LogP contribution is 2.37. The van der Waals surface area contributed by atoms with Crippen molar-refractivity contribution in [2.24, 2.45) is 5.92 Å². The van der Waals surface area contributed by atoms with Gasteiger partial charge in [-0.15, -0.1) is 0 Å². The first kappa shape index (κ1) is 14.1. The zero-order valence-electron chi connectivity index (χ0n) is 12.6. The van der Waals surface area contributed by atoms with Crippen molar-refractivity contribution in [3.8, 4) is 0 Å². The Morgan fingerprint density at radius 1 is 1.24 bits per heavy atom. The lowest BCUT2D eigenvalue weighted by atomic mass is 9.81. The van der Waals surface area contributed by atoms with Crippen LogP contribution >= 0.6 is 0 Å². The Morgan fingerprint density at radius 2 is 2.19 bits per heavy atom. The van der Waals surface area contributed by atoms with E-state index in [-0.39, 0.29) is 17.6 Å². The molecule has 118 valence electrons. The maximum absolute atomic E-state index is 12.8. The lowest BCUT2D eigenvalue weighted by Gasteiger charge is -2.40. The first-order valence-electron chi connectivity index (χ1n) is 8.37. The number of hydrogen-bond acceptors (Lipinski definition) is 5. The maximum Gasteiger partial charge on any atom is 0.166 e. The van der Waals surface area contributed by atoms with Gasteiger partial charge in [-0.05, 0) is 32.2 Å². The van der Waals surface area contributed by atoms with Gasteiger partial charge in [0, 0.05) is 38.1 Å². The molecular weight excluding hydrogens is 270 g/mol. The van der Waals surface area contributed by atoms with E-state index in [0.717, 1.165) is 45.6 Å². The van der Waals surface area contributed by atoms with Crippen molar-refractivity contribution in [3.63, 3.8) is 0 Å². The minimum absolute atomic E-state index is 0.0876. The molecule has 0 aromatic rings. The van der Waals surface area contributed by atoms with Crippen LogP contribution in [0, 0.1) is 5.92 Å². The summed E-state index contributed by atoms with van der Waals surface area (Å²) in [5.41, 5.74) is -0.191. The second-order valence-corrected chi connectivity index (χ2v) is 7.04. The second kappa shape index (κ2) is 5.61. The highest BCUT2D eigenvalue weighted by atomic mass is 16.6. The zero-order valence-corrected chi connectivity index (χ0v) is 12.6. The van der Waals surface area contributed by atoms with Gasteiger partial charge in [0.15, 0.2) is 5.78 Å². The number of fused-ring (bicyclic) bond motifs is 1. The Kier molecular flexibility index (Phi) is 3.78. The fourth-order valence-corrected chi connectivity index (χ4v) is 4.39. The summed E-state index contributed by atoms with van der Waals surface area (Å²) in [5, 5.41) is 0. The molecule has 4 heterocycles. The number of nitrogens with zero attached hydrogens (tertiary/aromatic N) is 1. The third-order valence-corrected chi connectivity index (χ3v) is 5.67. The molecule has 0 amide bonds. The molecule has 4 atom stereocenters. The number of hydrogen-bond donors (Lipinski definition) is 0. The van der Waals surface area contributed by atoms with Crippen LogP contribution in [0.4, 0.5) is 0 Å². The third-order valence-electron chi connectivity index (χ3n) is 5.67. The summed E-state index contributed by atoms with van der Waals surface area (Å²) in [7, 11) is 0. The average Bonchev–Trinajstić information content (AvgIpc) is 3.15. The molecule has 1 spiro atoms. The number of morpholine rings is 1. The monoisotopic (exact) mass is 295 g/mol. The first-order valence-corrected chi connectivity index (χ1v) is 8.37. The third kappa shape index (κ3) is 2.65. The molecule has 0 saturated carbocycles. The van der Waals surface area contributed by atoms with Crippen LogP contribution in [0.15, 0.2) is 0 Å². The zero-order chi connectivity index (χ0) is 14.3. The van der Waals surface area contributed by atoms with Crippen molar-refractivity contribution in [2.45, 2.75) is 49.9 Å². The van der Waals surface area contributed by atoms with Crippen LogP contribution in [0.2, 0.25) is 0 Å². The molecule has 4 aliphatic rings. The molecule has 0 bridgehead atoms. The van der Waals surface area contributed by atoms with Gasteiger partial charge in [0.2, 0.25) is 0 Å². The first-order chi connectivity index (χ1) is 10.3. The van der Waals surface area contributed by atoms with Crippen molar-refractivity contribution in [1.82, 2.24) is 4.90 Å². The van der Waals surface area contributed by atoms with Crippen LogP contribution in [-0.4, -0.2) is 67.9 Å². The predicted octanol–water partition coefficient (Wildman–Crippen LogP) is 1.00. The topological polar surface area (TPSA) is 48.0 Å². The summed E-state index contributed by atoms with van der Waals surface area (Å²) < 4.78 is 17.3. The van der Waals surface area contributed by atoms with E-state index in [1.165, 1.54) is 12.8 Å². The molecule has 0 N–H and O–H groups in total. The fraction of sp³-hybridized carbons (Fsp3) is 0.938. The highest BCUT2D eigenvalue weighted by molar-refractivity contribution is 5.86. The Hall–Kier alpha value is -0.490. The second-order valence-electron chi connectivity index (χ2n) is 7.04. The van der Waals surface area contributed by atoms with Crippen LogP contribution in [-0.2, 0) is 19.0 Å². The van der Waals surface area contributed by atoms with E-state index < -0.39 is 0 Å². The summed E-state index contributed by atoms with van der Waals surface area (Å²) in [6.07, 6.45) is 4.82. The molecule has 4 unspecified atom stereocenters. The molecule has 0 radical (unpaired) electrons. The Balaban J connectivity index is 1.40. The van der Waals surface area contributed by atoms with Crippen molar-refractivity contribution in [3.05, 3.63) is 0 Å². The van der Waals surface area contributed by atoms with Gasteiger partial charge in [-0.2, -0.15) is 0 Å². The van der Waals surface area contributed by atoms with Crippen LogP contribution in [0.25, 0.3) is 0 Å². The number of carbonyl (C=O) groups is 1. The van der Waals surface area contributed by atoms with Gasteiger partial charge in [-0.1, -0.05) is 0 Å².